The molecule has 0 radical (unpaired) electrons. The normalized spacial score (nSPS) is 19.8. The smallest absolute Gasteiger partial charge is 0.223 e. The lowest BCUT2D eigenvalue weighted by Crippen LogP contribution is -2.43. The molecule has 1 heterocycles. The highest BCUT2D eigenvalue weighted by molar-refractivity contribution is 5.79. The summed E-state index contributed by atoms with van der Waals surface area (Å²) in [6.45, 7) is 2.73. The molecule has 1 N–H and O–H groups in total. The van der Waals surface area contributed by atoms with Gasteiger partial charge in [0.25, 0.3) is 0 Å². The molecule has 5 heteroatoms. The van der Waals surface area contributed by atoms with Crippen LogP contribution in [0.1, 0.15) is 44.1 Å². The first-order chi connectivity index (χ1) is 12.2. The summed E-state index contributed by atoms with van der Waals surface area (Å²) in [5.41, 5.74) is 1.13. The van der Waals surface area contributed by atoms with Crippen molar-refractivity contribution in [1.29, 1.82) is 0 Å². The van der Waals surface area contributed by atoms with Gasteiger partial charge < -0.3 is 14.8 Å². The molecule has 25 heavy (non-hydrogen) atoms. The number of piperidine rings is 1. The standard InChI is InChI=1S/C20H30N2O3/c1-24-18-7-8-19(25-2)16(13-18)14-22-11-9-15(10-12-22)20(23)21-17-5-3-4-6-17/h7-8,13,15,17H,3-6,9-12,14H2,1-2H3,(H,21,23). The number of hydrogen-bond donors (Lipinski definition) is 1. The zero-order valence-corrected chi connectivity index (χ0v) is 15.4. The van der Waals surface area contributed by atoms with Gasteiger partial charge in [-0.05, 0) is 57.0 Å². The van der Waals surface area contributed by atoms with E-state index in [1.165, 1.54) is 12.8 Å². The second kappa shape index (κ2) is 8.56. The van der Waals surface area contributed by atoms with Gasteiger partial charge in [-0.15, -0.1) is 0 Å². The van der Waals surface area contributed by atoms with E-state index >= 15 is 0 Å². The fourth-order valence-electron chi connectivity index (χ4n) is 3.99. The summed E-state index contributed by atoms with van der Waals surface area (Å²) in [6, 6.07) is 6.34. The first kappa shape index (κ1) is 18.1. The summed E-state index contributed by atoms with van der Waals surface area (Å²) in [7, 11) is 3.38. The predicted molar refractivity (Wildman–Crippen MR) is 97.9 cm³/mol. The molecule has 1 aromatic carbocycles. The van der Waals surface area contributed by atoms with Crippen LogP contribution in [0.4, 0.5) is 0 Å². The predicted octanol–water partition coefficient (Wildman–Crippen LogP) is 2.97. The summed E-state index contributed by atoms with van der Waals surface area (Å²) >= 11 is 0. The summed E-state index contributed by atoms with van der Waals surface area (Å²) in [5.74, 6) is 2.18. The van der Waals surface area contributed by atoms with Gasteiger partial charge >= 0.3 is 0 Å². The number of amides is 1. The minimum absolute atomic E-state index is 0.170. The van der Waals surface area contributed by atoms with Gasteiger partial charge in [0.15, 0.2) is 0 Å². The fraction of sp³-hybridized carbons (Fsp3) is 0.650. The van der Waals surface area contributed by atoms with Gasteiger partial charge in [-0.25, -0.2) is 0 Å². The number of benzene rings is 1. The van der Waals surface area contributed by atoms with Crippen LogP contribution in [0.25, 0.3) is 0 Å². The van der Waals surface area contributed by atoms with Crippen molar-refractivity contribution >= 4 is 5.91 Å². The summed E-state index contributed by atoms with van der Waals surface area (Å²) in [4.78, 5) is 14.8. The van der Waals surface area contributed by atoms with Crippen molar-refractivity contribution in [1.82, 2.24) is 10.2 Å². The van der Waals surface area contributed by atoms with Crippen LogP contribution in [0.15, 0.2) is 18.2 Å². The van der Waals surface area contributed by atoms with Crippen LogP contribution < -0.4 is 14.8 Å². The molecule has 3 rings (SSSR count). The maximum atomic E-state index is 12.4. The number of carbonyl (C=O) groups is 1. The molecule has 0 unspecified atom stereocenters. The molecule has 2 aliphatic rings. The van der Waals surface area contributed by atoms with Crippen LogP contribution in [-0.4, -0.2) is 44.2 Å². The second-order valence-electron chi connectivity index (χ2n) is 7.22. The molecule has 0 atom stereocenters. The Balaban J connectivity index is 1.51. The lowest BCUT2D eigenvalue weighted by Gasteiger charge is -2.32. The van der Waals surface area contributed by atoms with Crippen molar-refractivity contribution in [3.8, 4) is 11.5 Å². The molecule has 1 aliphatic carbocycles. The van der Waals surface area contributed by atoms with Gasteiger partial charge in [0.1, 0.15) is 11.5 Å². The molecule has 1 aliphatic heterocycles. The highest BCUT2D eigenvalue weighted by Gasteiger charge is 2.27. The Morgan fingerprint density at radius 3 is 2.48 bits per heavy atom. The van der Waals surface area contributed by atoms with Crippen molar-refractivity contribution in [2.75, 3.05) is 27.3 Å². The zero-order valence-electron chi connectivity index (χ0n) is 15.4. The minimum atomic E-state index is 0.170. The summed E-state index contributed by atoms with van der Waals surface area (Å²) in [6.07, 6.45) is 6.69. The molecular formula is C20H30N2O3. The molecule has 1 amide bonds. The van der Waals surface area contributed by atoms with E-state index in [1.807, 2.05) is 18.2 Å². The Hall–Kier alpha value is -1.75. The van der Waals surface area contributed by atoms with E-state index in [0.717, 1.165) is 62.4 Å². The summed E-state index contributed by atoms with van der Waals surface area (Å²) in [5, 5.41) is 3.25. The van der Waals surface area contributed by atoms with E-state index in [0.29, 0.717) is 6.04 Å². The average Bonchev–Trinajstić information content (AvgIpc) is 3.15. The lowest BCUT2D eigenvalue weighted by atomic mass is 9.95. The number of ether oxygens (including phenoxy) is 2. The van der Waals surface area contributed by atoms with Gasteiger partial charge in [0.2, 0.25) is 5.91 Å². The Bertz CT molecular complexity index is 576. The molecule has 2 fully saturated rings. The van der Waals surface area contributed by atoms with Crippen molar-refractivity contribution in [3.05, 3.63) is 23.8 Å². The molecule has 138 valence electrons. The maximum absolute atomic E-state index is 12.4. The first-order valence-electron chi connectivity index (χ1n) is 9.43. The van der Waals surface area contributed by atoms with E-state index in [-0.39, 0.29) is 11.8 Å². The van der Waals surface area contributed by atoms with Crippen LogP contribution in [0.5, 0.6) is 11.5 Å². The van der Waals surface area contributed by atoms with Gasteiger partial charge in [-0.2, -0.15) is 0 Å². The van der Waals surface area contributed by atoms with Crippen molar-refractivity contribution in [2.24, 2.45) is 5.92 Å². The SMILES string of the molecule is COc1ccc(OC)c(CN2CCC(C(=O)NC3CCCC3)CC2)c1. The largest absolute Gasteiger partial charge is 0.497 e. The summed E-state index contributed by atoms with van der Waals surface area (Å²) < 4.78 is 10.8. The van der Waals surface area contributed by atoms with Crippen molar-refractivity contribution in [3.63, 3.8) is 0 Å². The van der Waals surface area contributed by atoms with Crippen molar-refractivity contribution < 1.29 is 14.3 Å². The third-order valence-electron chi connectivity index (χ3n) is 5.54. The minimum Gasteiger partial charge on any atom is -0.497 e. The van der Waals surface area contributed by atoms with Gasteiger partial charge in [-0.3, -0.25) is 9.69 Å². The number of likely N-dealkylation sites (tertiary alicyclic amines) is 1. The average molecular weight is 346 g/mol. The molecular weight excluding hydrogens is 316 g/mol. The van der Waals surface area contributed by atoms with E-state index < -0.39 is 0 Å². The number of carbonyl (C=O) groups excluding carboxylic acids is 1. The Morgan fingerprint density at radius 2 is 1.84 bits per heavy atom. The topological polar surface area (TPSA) is 50.8 Å². The van der Waals surface area contributed by atoms with E-state index in [1.54, 1.807) is 14.2 Å². The fourth-order valence-corrected chi connectivity index (χ4v) is 3.99. The van der Waals surface area contributed by atoms with E-state index in [4.69, 9.17) is 9.47 Å². The van der Waals surface area contributed by atoms with Crippen LogP contribution in [0.3, 0.4) is 0 Å². The highest BCUT2D eigenvalue weighted by Crippen LogP contribution is 2.27. The van der Waals surface area contributed by atoms with Crippen LogP contribution in [0.2, 0.25) is 0 Å². The van der Waals surface area contributed by atoms with Crippen LogP contribution in [-0.2, 0) is 11.3 Å². The lowest BCUT2D eigenvalue weighted by molar-refractivity contribution is -0.127. The van der Waals surface area contributed by atoms with E-state index in [2.05, 4.69) is 10.2 Å². The molecule has 1 aromatic rings. The second-order valence-corrected chi connectivity index (χ2v) is 7.22. The number of nitrogens with zero attached hydrogens (tertiary/aromatic N) is 1. The highest BCUT2D eigenvalue weighted by atomic mass is 16.5. The molecule has 1 saturated heterocycles. The zero-order chi connectivity index (χ0) is 17.6. The third-order valence-corrected chi connectivity index (χ3v) is 5.54. The molecule has 0 aromatic heterocycles. The number of rotatable bonds is 6. The number of nitrogens with one attached hydrogen (secondary N) is 1. The van der Waals surface area contributed by atoms with Crippen LogP contribution >= 0.6 is 0 Å². The molecule has 0 spiro atoms. The van der Waals surface area contributed by atoms with Crippen molar-refractivity contribution in [2.45, 2.75) is 51.1 Å². The van der Waals surface area contributed by atoms with E-state index in [9.17, 15) is 4.79 Å². The molecule has 0 bridgehead atoms. The monoisotopic (exact) mass is 346 g/mol. The first-order valence-corrected chi connectivity index (χ1v) is 9.43. The Labute approximate surface area is 150 Å². The Kier molecular flexibility index (Phi) is 6.19. The molecule has 1 saturated carbocycles. The van der Waals surface area contributed by atoms with Crippen LogP contribution in [0, 0.1) is 5.92 Å². The Morgan fingerprint density at radius 1 is 1.12 bits per heavy atom. The van der Waals surface area contributed by atoms with Gasteiger partial charge in [0.05, 0.1) is 14.2 Å². The van der Waals surface area contributed by atoms with Gasteiger partial charge in [-0.1, -0.05) is 12.8 Å². The molecule has 5 nitrogen and oxygen atoms in total. The number of hydrogen-bond acceptors (Lipinski definition) is 4. The maximum Gasteiger partial charge on any atom is 0.223 e. The quantitative estimate of drug-likeness (QED) is 0.860. The third kappa shape index (κ3) is 4.66. The number of methoxy groups -OCH3 is 2. The van der Waals surface area contributed by atoms with Gasteiger partial charge in [0, 0.05) is 24.1 Å².